The molecule has 8 nitrogen and oxygen atoms in total. The number of aromatic nitrogens is 2. The molecule has 2 heterocycles. The summed E-state index contributed by atoms with van der Waals surface area (Å²) in [6.07, 6.45) is -0.344. The van der Waals surface area contributed by atoms with Crippen LogP contribution in [0.4, 0.5) is 0 Å². The smallest absolute Gasteiger partial charge is 0.330 e. The summed E-state index contributed by atoms with van der Waals surface area (Å²) in [5.74, 6) is 0. The number of aliphatic hydroxyl groups excluding tert-OH is 1. The maximum atomic E-state index is 12.3. The van der Waals surface area contributed by atoms with Gasteiger partial charge in [0.2, 0.25) is 0 Å². The highest BCUT2D eigenvalue weighted by molar-refractivity contribution is 6.74. The van der Waals surface area contributed by atoms with E-state index in [0.29, 0.717) is 6.42 Å². The van der Waals surface area contributed by atoms with Gasteiger partial charge in [-0.15, -0.1) is 6.58 Å². The lowest BCUT2D eigenvalue weighted by Gasteiger charge is -2.41. The van der Waals surface area contributed by atoms with Gasteiger partial charge in [0.25, 0.3) is 5.56 Å². The maximum absolute atomic E-state index is 12.3. The molecule has 1 aromatic heterocycles. The molecule has 5 atom stereocenters. The number of aliphatic hydroxyl groups is 1. The summed E-state index contributed by atoms with van der Waals surface area (Å²) in [6, 6.07) is 1.24. The first-order valence-corrected chi connectivity index (χ1v) is 12.3. The number of hydrogen-bond donors (Lipinski definition) is 2. The molecular weight excluding hydrogens is 380 g/mol. The third kappa shape index (κ3) is 4.55. The predicted molar refractivity (Wildman–Crippen MR) is 109 cm³/mol. The van der Waals surface area contributed by atoms with Crippen LogP contribution in [-0.2, 0) is 13.9 Å². The van der Waals surface area contributed by atoms with Gasteiger partial charge in [0.15, 0.2) is 14.5 Å². The number of hydrogen-bond acceptors (Lipinski definition) is 6. The average molecular weight is 413 g/mol. The van der Waals surface area contributed by atoms with Crippen molar-refractivity contribution < 1.29 is 19.0 Å². The molecular formula is C19H32N2O6Si. The minimum atomic E-state index is -2.23. The second kappa shape index (κ2) is 8.46. The molecule has 28 heavy (non-hydrogen) atoms. The summed E-state index contributed by atoms with van der Waals surface area (Å²) in [6.45, 7) is 14.3. The number of ether oxygens (including phenoxy) is 2. The van der Waals surface area contributed by atoms with Gasteiger partial charge in [-0.2, -0.15) is 0 Å². The quantitative estimate of drug-likeness (QED) is 0.523. The molecule has 1 fully saturated rings. The van der Waals surface area contributed by atoms with E-state index in [-0.39, 0.29) is 5.04 Å². The van der Waals surface area contributed by atoms with Gasteiger partial charge in [-0.25, -0.2) is 4.79 Å². The van der Waals surface area contributed by atoms with Crippen molar-refractivity contribution in [3.8, 4) is 0 Å². The molecule has 158 valence electrons. The van der Waals surface area contributed by atoms with E-state index in [4.69, 9.17) is 13.9 Å². The molecule has 1 aromatic rings. The monoisotopic (exact) mass is 412 g/mol. The normalized spacial score (nSPS) is 27.0. The Morgan fingerprint density at radius 2 is 2.04 bits per heavy atom. The van der Waals surface area contributed by atoms with Crippen LogP contribution in [0.2, 0.25) is 18.1 Å². The average Bonchev–Trinajstić information content (AvgIpc) is 2.91. The van der Waals surface area contributed by atoms with Crippen LogP contribution in [0.1, 0.15) is 33.4 Å². The fourth-order valence-corrected chi connectivity index (χ4v) is 4.34. The van der Waals surface area contributed by atoms with E-state index in [2.05, 4.69) is 45.4 Å². The highest BCUT2D eigenvalue weighted by Crippen LogP contribution is 2.42. The van der Waals surface area contributed by atoms with Crippen molar-refractivity contribution in [2.45, 2.75) is 76.0 Å². The molecule has 0 bridgehead atoms. The third-order valence-electron chi connectivity index (χ3n) is 5.65. The number of nitrogens with one attached hydrogen (secondary N) is 1. The molecule has 9 heteroatoms. The SMILES string of the molecule is C=CC[C@H](O)[C@H]1O[C@@H](n2ccc(=O)[nH]c2=O)[C@H](OC)[C@@H]1O[Si](C)(C)C(C)(C)C. The van der Waals surface area contributed by atoms with E-state index in [0.717, 1.165) is 0 Å². The van der Waals surface area contributed by atoms with Crippen molar-refractivity contribution in [1.29, 1.82) is 0 Å². The third-order valence-corrected chi connectivity index (χ3v) is 10.1. The molecule has 1 saturated heterocycles. The fraction of sp³-hybridized carbons (Fsp3) is 0.684. The van der Waals surface area contributed by atoms with E-state index in [1.807, 2.05) is 0 Å². The Morgan fingerprint density at radius 1 is 1.39 bits per heavy atom. The Bertz CT molecular complexity index is 797. The van der Waals surface area contributed by atoms with E-state index < -0.39 is 50.2 Å². The Hall–Kier alpha value is -1.52. The lowest BCUT2D eigenvalue weighted by molar-refractivity contribution is -0.0857. The van der Waals surface area contributed by atoms with Crippen LogP contribution in [-0.4, -0.2) is 54.5 Å². The Balaban J connectivity index is 2.47. The van der Waals surface area contributed by atoms with E-state index >= 15 is 0 Å². The van der Waals surface area contributed by atoms with Gasteiger partial charge in [0, 0.05) is 19.4 Å². The van der Waals surface area contributed by atoms with Crippen LogP contribution in [0.5, 0.6) is 0 Å². The largest absolute Gasteiger partial charge is 0.408 e. The first-order chi connectivity index (χ1) is 12.9. The molecule has 2 rings (SSSR count). The van der Waals surface area contributed by atoms with Gasteiger partial charge in [-0.3, -0.25) is 14.3 Å². The van der Waals surface area contributed by atoms with Crippen molar-refractivity contribution in [3.63, 3.8) is 0 Å². The topological polar surface area (TPSA) is 103 Å². The van der Waals surface area contributed by atoms with Crippen LogP contribution in [0.25, 0.3) is 0 Å². The van der Waals surface area contributed by atoms with Crippen molar-refractivity contribution >= 4 is 8.32 Å². The summed E-state index contributed by atoms with van der Waals surface area (Å²) in [5, 5.41) is 10.6. The zero-order valence-electron chi connectivity index (χ0n) is 17.5. The highest BCUT2D eigenvalue weighted by atomic mass is 28.4. The molecule has 2 N–H and O–H groups in total. The van der Waals surface area contributed by atoms with E-state index in [1.165, 1.54) is 23.9 Å². The second-order valence-corrected chi connectivity index (χ2v) is 13.4. The number of rotatable bonds is 7. The zero-order chi connectivity index (χ0) is 21.3. The Morgan fingerprint density at radius 3 is 2.54 bits per heavy atom. The number of H-pyrrole nitrogens is 1. The molecule has 1 aliphatic heterocycles. The van der Waals surface area contributed by atoms with Gasteiger partial charge in [0.05, 0.1) is 6.10 Å². The highest BCUT2D eigenvalue weighted by Gasteiger charge is 2.53. The van der Waals surface area contributed by atoms with Crippen molar-refractivity contribution in [3.05, 3.63) is 45.8 Å². The van der Waals surface area contributed by atoms with E-state index in [1.54, 1.807) is 6.08 Å². The van der Waals surface area contributed by atoms with Gasteiger partial charge in [-0.05, 0) is 24.6 Å². The molecule has 0 aromatic carbocycles. The van der Waals surface area contributed by atoms with Crippen molar-refractivity contribution in [1.82, 2.24) is 9.55 Å². The van der Waals surface area contributed by atoms with Gasteiger partial charge in [-0.1, -0.05) is 26.8 Å². The minimum Gasteiger partial charge on any atom is -0.408 e. The van der Waals surface area contributed by atoms with Gasteiger partial charge in [0.1, 0.15) is 18.3 Å². The number of nitrogens with zero attached hydrogens (tertiary/aromatic N) is 1. The lowest BCUT2D eigenvalue weighted by Crippen LogP contribution is -2.51. The first-order valence-electron chi connectivity index (χ1n) is 9.39. The van der Waals surface area contributed by atoms with Crippen molar-refractivity contribution in [2.75, 3.05) is 7.11 Å². The predicted octanol–water partition coefficient (Wildman–Crippen LogP) is 1.78. The van der Waals surface area contributed by atoms with Crippen LogP contribution in [0.15, 0.2) is 34.5 Å². The summed E-state index contributed by atoms with van der Waals surface area (Å²) >= 11 is 0. The molecule has 1 aliphatic rings. The van der Waals surface area contributed by atoms with Crippen LogP contribution in [0, 0.1) is 0 Å². The van der Waals surface area contributed by atoms with Crippen LogP contribution in [0.3, 0.4) is 0 Å². The first kappa shape index (κ1) is 22.8. The summed E-state index contributed by atoms with van der Waals surface area (Å²) < 4.78 is 19.6. The molecule has 0 unspecified atom stereocenters. The molecule has 0 radical (unpaired) electrons. The molecule has 0 saturated carbocycles. The Labute approximate surface area is 166 Å². The lowest BCUT2D eigenvalue weighted by atomic mass is 10.0. The summed E-state index contributed by atoms with van der Waals surface area (Å²) in [5.41, 5.74) is -1.10. The fourth-order valence-electron chi connectivity index (χ4n) is 3.03. The number of methoxy groups -OCH3 is 1. The number of aromatic amines is 1. The van der Waals surface area contributed by atoms with E-state index in [9.17, 15) is 14.7 Å². The zero-order valence-corrected chi connectivity index (χ0v) is 18.5. The van der Waals surface area contributed by atoms with Gasteiger partial charge < -0.3 is 19.0 Å². The Kier molecular flexibility index (Phi) is 6.88. The summed E-state index contributed by atoms with van der Waals surface area (Å²) in [7, 11) is -0.718. The van der Waals surface area contributed by atoms with Crippen LogP contribution < -0.4 is 11.2 Å². The van der Waals surface area contributed by atoms with Crippen LogP contribution >= 0.6 is 0 Å². The molecule has 0 amide bonds. The van der Waals surface area contributed by atoms with Crippen molar-refractivity contribution in [2.24, 2.45) is 0 Å². The molecule has 0 spiro atoms. The standard InChI is InChI=1S/C19H32N2O6Si/c1-8-9-12(22)14-15(27-28(6,7)19(2,3)4)16(25-5)17(26-14)21-11-10-13(23)20-18(21)24/h8,10-12,14-17,22H,1,9H2,2-7H3,(H,20,23,24)/t12-,14+,15+,16+,17+/m0/s1. The second-order valence-electron chi connectivity index (χ2n) is 8.64. The minimum absolute atomic E-state index is 0.0634. The summed E-state index contributed by atoms with van der Waals surface area (Å²) in [4.78, 5) is 25.9. The van der Waals surface area contributed by atoms with Gasteiger partial charge >= 0.3 is 5.69 Å². The maximum Gasteiger partial charge on any atom is 0.330 e. The molecule has 0 aliphatic carbocycles.